The molecule has 0 saturated carbocycles. The van der Waals surface area contributed by atoms with Crippen molar-refractivity contribution < 1.29 is 9.59 Å². The van der Waals surface area contributed by atoms with Crippen LogP contribution in [0.25, 0.3) is 6.08 Å². The molecule has 5 nitrogen and oxygen atoms in total. The summed E-state index contributed by atoms with van der Waals surface area (Å²) in [5, 5.41) is 0.650. The molecule has 0 radical (unpaired) electrons. The number of anilines is 1. The van der Waals surface area contributed by atoms with E-state index in [0.29, 0.717) is 24.5 Å². The molecule has 0 aromatic heterocycles. The number of halogens is 2. The van der Waals surface area contributed by atoms with Gasteiger partial charge in [-0.25, -0.2) is 0 Å². The first-order chi connectivity index (χ1) is 16.4. The van der Waals surface area contributed by atoms with E-state index in [9.17, 15) is 9.59 Å². The lowest BCUT2D eigenvalue weighted by molar-refractivity contribution is -0.127. The number of hydrogen-bond acceptors (Lipinski definition) is 3. The van der Waals surface area contributed by atoms with E-state index < -0.39 is 0 Å². The average Bonchev–Trinajstić information content (AvgIpc) is 3.38. The summed E-state index contributed by atoms with van der Waals surface area (Å²) in [5.74, 6) is -0.207. The Morgan fingerprint density at radius 3 is 2.51 bits per heavy atom. The van der Waals surface area contributed by atoms with Crippen LogP contribution in [0.5, 0.6) is 0 Å². The lowest BCUT2D eigenvalue weighted by Crippen LogP contribution is -2.43. The topological polar surface area (TPSA) is 43.9 Å². The van der Waals surface area contributed by atoms with E-state index in [1.807, 2.05) is 29.2 Å². The number of benzene rings is 2. The lowest BCUT2D eigenvalue weighted by atomic mass is 9.74. The number of likely N-dealkylation sites (tertiary alicyclic amines) is 2. The van der Waals surface area contributed by atoms with Crippen LogP contribution < -0.4 is 4.90 Å². The second-order valence-electron chi connectivity index (χ2n) is 9.91. The minimum absolute atomic E-state index is 0. The van der Waals surface area contributed by atoms with Gasteiger partial charge < -0.3 is 14.7 Å². The maximum atomic E-state index is 13.4. The monoisotopic (exact) mass is 513 g/mol. The fraction of sp³-hybridized carbons (Fsp3) is 0.429. The highest BCUT2D eigenvalue weighted by molar-refractivity contribution is 6.30. The van der Waals surface area contributed by atoms with Gasteiger partial charge in [0.15, 0.2) is 0 Å². The highest BCUT2D eigenvalue weighted by atomic mass is 35.5. The van der Waals surface area contributed by atoms with Gasteiger partial charge in [-0.05, 0) is 74.3 Å². The number of fused-ring (bicyclic) bond motifs is 2. The van der Waals surface area contributed by atoms with Crippen LogP contribution in [0.3, 0.4) is 0 Å². The third-order valence-corrected chi connectivity index (χ3v) is 8.03. The van der Waals surface area contributed by atoms with Crippen molar-refractivity contribution in [3.05, 3.63) is 70.8 Å². The first-order valence-electron chi connectivity index (χ1n) is 12.3. The molecule has 1 unspecified atom stereocenters. The Labute approximate surface area is 219 Å². The fourth-order valence-corrected chi connectivity index (χ4v) is 5.86. The molecule has 2 aromatic carbocycles. The summed E-state index contributed by atoms with van der Waals surface area (Å²) in [4.78, 5) is 31.4. The number of rotatable bonds is 6. The summed E-state index contributed by atoms with van der Waals surface area (Å²) in [6.45, 7) is 4.22. The van der Waals surface area contributed by atoms with E-state index in [4.69, 9.17) is 11.6 Å². The van der Waals surface area contributed by atoms with Gasteiger partial charge in [-0.15, -0.1) is 12.4 Å². The predicted molar refractivity (Wildman–Crippen MR) is 144 cm³/mol. The minimum atomic E-state index is -0.280. The predicted octanol–water partition coefficient (Wildman–Crippen LogP) is 5.02. The zero-order chi connectivity index (χ0) is 23.7. The highest BCUT2D eigenvalue weighted by Gasteiger charge is 2.38. The first kappa shape index (κ1) is 25.7. The Kier molecular flexibility index (Phi) is 7.89. The van der Waals surface area contributed by atoms with Crippen LogP contribution in [-0.4, -0.2) is 61.4 Å². The van der Waals surface area contributed by atoms with Crippen molar-refractivity contribution in [1.29, 1.82) is 0 Å². The number of carbonyl (C=O) groups excluding carboxylic acids is 2. The van der Waals surface area contributed by atoms with Crippen molar-refractivity contribution >= 4 is 47.6 Å². The highest BCUT2D eigenvalue weighted by Crippen LogP contribution is 2.43. The molecule has 0 N–H and O–H groups in total. The minimum Gasteiger partial charge on any atom is -0.345 e. The van der Waals surface area contributed by atoms with Crippen molar-refractivity contribution in [1.82, 2.24) is 9.80 Å². The standard InChI is InChI=1S/C28H32ClN3O2.ClH/c1-30-20-22(19-26(30)33)27(34)32(24-9-7-23(29)8-10-24)16-4-15-31-17-13-28(14-18-31)12-11-21-5-2-3-6-25(21)28;/h2-3,5-12,22H,4,13-20H2,1H3;1H. The van der Waals surface area contributed by atoms with Crippen LogP contribution in [-0.2, 0) is 15.0 Å². The number of nitrogens with zero attached hydrogens (tertiary/aromatic N) is 3. The maximum absolute atomic E-state index is 13.4. The molecule has 2 aromatic rings. The number of carbonyl (C=O) groups is 2. The van der Waals surface area contributed by atoms with Gasteiger partial charge in [0.2, 0.25) is 11.8 Å². The largest absolute Gasteiger partial charge is 0.345 e. The van der Waals surface area contributed by atoms with E-state index in [1.54, 1.807) is 11.9 Å². The molecule has 7 heteroatoms. The van der Waals surface area contributed by atoms with Crippen molar-refractivity contribution in [2.24, 2.45) is 5.92 Å². The Hall–Kier alpha value is -2.34. The van der Waals surface area contributed by atoms with Gasteiger partial charge >= 0.3 is 0 Å². The number of amides is 2. The molecule has 2 fully saturated rings. The maximum Gasteiger partial charge on any atom is 0.232 e. The molecule has 0 bridgehead atoms. The van der Waals surface area contributed by atoms with Crippen LogP contribution in [0.4, 0.5) is 5.69 Å². The first-order valence-corrected chi connectivity index (χ1v) is 12.6. The van der Waals surface area contributed by atoms with Gasteiger partial charge in [0.1, 0.15) is 0 Å². The molecule has 1 spiro atoms. The lowest BCUT2D eigenvalue weighted by Gasteiger charge is -2.39. The zero-order valence-electron chi connectivity index (χ0n) is 20.2. The molecule has 5 rings (SSSR count). The van der Waals surface area contributed by atoms with Crippen molar-refractivity contribution in [3.8, 4) is 0 Å². The molecular formula is C28H33Cl2N3O2. The molecule has 2 aliphatic heterocycles. The Morgan fingerprint density at radius 2 is 1.83 bits per heavy atom. The van der Waals surface area contributed by atoms with E-state index in [2.05, 4.69) is 41.3 Å². The number of allylic oxidation sites excluding steroid dienone is 1. The summed E-state index contributed by atoms with van der Waals surface area (Å²) >= 11 is 6.08. The quantitative estimate of drug-likeness (QED) is 0.544. The summed E-state index contributed by atoms with van der Waals surface area (Å²) in [6.07, 6.45) is 8.16. The number of piperidine rings is 1. The van der Waals surface area contributed by atoms with Crippen LogP contribution in [0.1, 0.15) is 36.8 Å². The van der Waals surface area contributed by atoms with Crippen LogP contribution in [0.15, 0.2) is 54.6 Å². The molecule has 1 aliphatic carbocycles. The van der Waals surface area contributed by atoms with Gasteiger partial charge in [0, 0.05) is 42.7 Å². The third-order valence-electron chi connectivity index (χ3n) is 7.78. The van der Waals surface area contributed by atoms with Crippen LogP contribution in [0, 0.1) is 5.92 Å². The molecule has 186 valence electrons. The molecule has 3 aliphatic rings. The van der Waals surface area contributed by atoms with E-state index in [0.717, 1.165) is 44.6 Å². The second-order valence-corrected chi connectivity index (χ2v) is 10.3. The Morgan fingerprint density at radius 1 is 1.11 bits per heavy atom. The van der Waals surface area contributed by atoms with E-state index in [1.165, 1.54) is 11.1 Å². The fourth-order valence-electron chi connectivity index (χ4n) is 5.74. The summed E-state index contributed by atoms with van der Waals surface area (Å²) in [7, 11) is 1.77. The molecular weight excluding hydrogens is 481 g/mol. The van der Waals surface area contributed by atoms with E-state index in [-0.39, 0.29) is 35.6 Å². The van der Waals surface area contributed by atoms with Gasteiger partial charge in [-0.3, -0.25) is 9.59 Å². The summed E-state index contributed by atoms with van der Waals surface area (Å²) in [6, 6.07) is 16.2. The smallest absolute Gasteiger partial charge is 0.232 e. The second kappa shape index (κ2) is 10.7. The summed E-state index contributed by atoms with van der Waals surface area (Å²) < 4.78 is 0. The SMILES string of the molecule is CN1CC(C(=O)N(CCCN2CCC3(C=Cc4ccccc43)CC2)c2ccc(Cl)cc2)CC1=O.Cl. The molecule has 2 heterocycles. The number of hydrogen-bond donors (Lipinski definition) is 0. The normalized spacial score (nSPS) is 20.7. The van der Waals surface area contributed by atoms with Crippen molar-refractivity contribution in [2.75, 3.05) is 44.7 Å². The van der Waals surface area contributed by atoms with Crippen molar-refractivity contribution in [3.63, 3.8) is 0 Å². The van der Waals surface area contributed by atoms with Gasteiger partial charge in [-0.2, -0.15) is 0 Å². The van der Waals surface area contributed by atoms with E-state index >= 15 is 0 Å². The van der Waals surface area contributed by atoms with Crippen LogP contribution in [0.2, 0.25) is 5.02 Å². The Balaban J connectivity index is 0.00000289. The van der Waals surface area contributed by atoms with Gasteiger partial charge in [0.25, 0.3) is 0 Å². The molecule has 2 amide bonds. The van der Waals surface area contributed by atoms with Crippen molar-refractivity contribution in [2.45, 2.75) is 31.1 Å². The van der Waals surface area contributed by atoms with Gasteiger partial charge in [-0.1, -0.05) is 48.0 Å². The Bertz CT molecular complexity index is 1090. The molecule has 2 saturated heterocycles. The van der Waals surface area contributed by atoms with Gasteiger partial charge in [0.05, 0.1) is 5.92 Å². The summed E-state index contributed by atoms with van der Waals surface area (Å²) in [5.41, 5.74) is 3.88. The third kappa shape index (κ3) is 5.28. The molecule has 35 heavy (non-hydrogen) atoms. The zero-order valence-corrected chi connectivity index (χ0v) is 21.7. The van der Waals surface area contributed by atoms with Crippen LogP contribution >= 0.6 is 24.0 Å². The average molecular weight is 514 g/mol. The molecule has 1 atom stereocenters.